The summed E-state index contributed by atoms with van der Waals surface area (Å²) in [5.74, 6) is 0.296. The first-order valence-electron chi connectivity index (χ1n) is 8.20. The van der Waals surface area contributed by atoms with Crippen molar-refractivity contribution in [3.05, 3.63) is 58.1 Å². The standard InChI is InChI=1S/C19H21BrN2O4/c1-3-9-25-15-6-4-5-14(11-15)19(24)22-21-18(23)12-26-16-7-8-17(20)13(2)10-16/h4-8,10-11H,3,9,12H2,1-2H3,(H,21,23)(H,22,24). The Morgan fingerprint density at radius 1 is 1.04 bits per heavy atom. The topological polar surface area (TPSA) is 76.7 Å². The monoisotopic (exact) mass is 420 g/mol. The van der Waals surface area contributed by atoms with Crippen molar-refractivity contribution in [2.75, 3.05) is 13.2 Å². The van der Waals surface area contributed by atoms with Gasteiger partial charge in [0, 0.05) is 10.0 Å². The molecule has 138 valence electrons. The van der Waals surface area contributed by atoms with Gasteiger partial charge >= 0.3 is 0 Å². The highest BCUT2D eigenvalue weighted by atomic mass is 79.9. The van der Waals surface area contributed by atoms with Gasteiger partial charge in [0.05, 0.1) is 6.61 Å². The van der Waals surface area contributed by atoms with Crippen LogP contribution in [0.5, 0.6) is 11.5 Å². The summed E-state index contributed by atoms with van der Waals surface area (Å²) in [6, 6.07) is 12.2. The normalized spacial score (nSPS) is 10.1. The van der Waals surface area contributed by atoms with Gasteiger partial charge in [-0.15, -0.1) is 0 Å². The molecule has 0 aromatic heterocycles. The zero-order chi connectivity index (χ0) is 18.9. The molecular weight excluding hydrogens is 400 g/mol. The van der Waals surface area contributed by atoms with E-state index in [-0.39, 0.29) is 6.61 Å². The van der Waals surface area contributed by atoms with Crippen LogP contribution in [0.4, 0.5) is 0 Å². The van der Waals surface area contributed by atoms with Crippen LogP contribution in [0.2, 0.25) is 0 Å². The third kappa shape index (κ3) is 6.07. The van der Waals surface area contributed by atoms with E-state index in [9.17, 15) is 9.59 Å². The Hall–Kier alpha value is -2.54. The lowest BCUT2D eigenvalue weighted by atomic mass is 10.2. The number of hydrogen-bond donors (Lipinski definition) is 2. The van der Waals surface area contributed by atoms with Crippen LogP contribution < -0.4 is 20.3 Å². The second kappa shape index (κ2) is 9.82. The van der Waals surface area contributed by atoms with E-state index in [1.807, 2.05) is 26.0 Å². The lowest BCUT2D eigenvalue weighted by molar-refractivity contribution is -0.123. The number of halogens is 1. The average Bonchev–Trinajstić information content (AvgIpc) is 2.65. The van der Waals surface area contributed by atoms with Crippen LogP contribution in [0.15, 0.2) is 46.9 Å². The van der Waals surface area contributed by atoms with E-state index < -0.39 is 11.8 Å². The Morgan fingerprint density at radius 3 is 2.54 bits per heavy atom. The van der Waals surface area contributed by atoms with Gasteiger partial charge in [0.15, 0.2) is 6.61 Å². The lowest BCUT2D eigenvalue weighted by Crippen LogP contribution is -2.43. The number of rotatable bonds is 7. The highest BCUT2D eigenvalue weighted by Gasteiger charge is 2.09. The van der Waals surface area contributed by atoms with E-state index in [1.54, 1.807) is 30.3 Å². The molecule has 7 heteroatoms. The SMILES string of the molecule is CCCOc1cccc(C(=O)NNC(=O)COc2ccc(Br)c(C)c2)c1. The molecule has 0 spiro atoms. The van der Waals surface area contributed by atoms with Crippen LogP contribution in [0, 0.1) is 6.92 Å². The molecule has 2 amide bonds. The zero-order valence-electron chi connectivity index (χ0n) is 14.7. The predicted octanol–water partition coefficient (Wildman–Crippen LogP) is 3.39. The van der Waals surface area contributed by atoms with E-state index >= 15 is 0 Å². The van der Waals surface area contributed by atoms with Crippen LogP contribution >= 0.6 is 15.9 Å². The van der Waals surface area contributed by atoms with Gasteiger partial charge in [-0.1, -0.05) is 28.9 Å². The van der Waals surface area contributed by atoms with Crippen molar-refractivity contribution in [2.24, 2.45) is 0 Å². The molecule has 0 radical (unpaired) electrons. The molecule has 2 aromatic rings. The van der Waals surface area contributed by atoms with Gasteiger partial charge in [0.2, 0.25) is 0 Å². The van der Waals surface area contributed by atoms with Crippen LogP contribution in [-0.2, 0) is 4.79 Å². The minimum absolute atomic E-state index is 0.207. The molecule has 0 aliphatic heterocycles. The molecule has 26 heavy (non-hydrogen) atoms. The van der Waals surface area contributed by atoms with Crippen molar-refractivity contribution >= 4 is 27.7 Å². The first-order chi connectivity index (χ1) is 12.5. The lowest BCUT2D eigenvalue weighted by Gasteiger charge is -2.10. The largest absolute Gasteiger partial charge is 0.494 e. The summed E-state index contributed by atoms with van der Waals surface area (Å²) >= 11 is 3.40. The van der Waals surface area contributed by atoms with Gasteiger partial charge in [-0.2, -0.15) is 0 Å². The number of hydrazine groups is 1. The fourth-order valence-electron chi connectivity index (χ4n) is 2.04. The second-order valence-electron chi connectivity index (χ2n) is 5.58. The third-order valence-electron chi connectivity index (χ3n) is 3.38. The molecular formula is C19H21BrN2O4. The maximum absolute atomic E-state index is 12.1. The van der Waals surface area contributed by atoms with Gasteiger partial charge in [-0.05, 0) is 55.3 Å². The number of hydrogen-bond acceptors (Lipinski definition) is 4. The maximum Gasteiger partial charge on any atom is 0.276 e. The van der Waals surface area contributed by atoms with E-state index in [4.69, 9.17) is 9.47 Å². The van der Waals surface area contributed by atoms with Gasteiger partial charge in [0.25, 0.3) is 11.8 Å². The molecule has 0 saturated carbocycles. The smallest absolute Gasteiger partial charge is 0.276 e. The summed E-state index contributed by atoms with van der Waals surface area (Å²) in [6.07, 6.45) is 0.879. The number of carbonyl (C=O) groups is 2. The number of aryl methyl sites for hydroxylation is 1. The number of ether oxygens (including phenoxy) is 2. The summed E-state index contributed by atoms with van der Waals surface area (Å²) in [5, 5.41) is 0. The van der Waals surface area contributed by atoms with Crippen LogP contribution in [-0.4, -0.2) is 25.0 Å². The van der Waals surface area contributed by atoms with Gasteiger partial charge in [-0.25, -0.2) is 0 Å². The molecule has 2 rings (SSSR count). The molecule has 0 aliphatic carbocycles. The second-order valence-corrected chi connectivity index (χ2v) is 6.43. The molecule has 2 N–H and O–H groups in total. The van der Waals surface area contributed by atoms with Crippen molar-refractivity contribution in [1.29, 1.82) is 0 Å². The van der Waals surface area contributed by atoms with Gasteiger partial charge < -0.3 is 9.47 Å². The van der Waals surface area contributed by atoms with E-state index in [2.05, 4.69) is 26.8 Å². The number of carbonyl (C=O) groups excluding carboxylic acids is 2. The Labute approximate surface area is 161 Å². The minimum Gasteiger partial charge on any atom is -0.494 e. The first-order valence-corrected chi connectivity index (χ1v) is 9.00. The summed E-state index contributed by atoms with van der Waals surface area (Å²) in [4.78, 5) is 23.9. The third-order valence-corrected chi connectivity index (χ3v) is 4.27. The van der Waals surface area contributed by atoms with Crippen molar-refractivity contribution in [1.82, 2.24) is 10.9 Å². The summed E-state index contributed by atoms with van der Waals surface area (Å²) in [7, 11) is 0. The molecule has 0 bridgehead atoms. The minimum atomic E-state index is -0.461. The number of amides is 2. The van der Waals surface area contributed by atoms with Crippen molar-refractivity contribution in [3.8, 4) is 11.5 Å². The van der Waals surface area contributed by atoms with Gasteiger partial charge in [0.1, 0.15) is 11.5 Å². The molecule has 2 aromatic carbocycles. The summed E-state index contributed by atoms with van der Waals surface area (Å²) in [5.41, 5.74) is 6.08. The van der Waals surface area contributed by atoms with Crippen LogP contribution in [0.1, 0.15) is 29.3 Å². The average molecular weight is 421 g/mol. The summed E-state index contributed by atoms with van der Waals surface area (Å²) < 4.78 is 11.9. The van der Waals surface area contributed by atoms with Crippen molar-refractivity contribution in [2.45, 2.75) is 20.3 Å². The Bertz CT molecular complexity index is 780. The van der Waals surface area contributed by atoms with Gasteiger partial charge in [-0.3, -0.25) is 20.4 Å². The van der Waals surface area contributed by atoms with Crippen LogP contribution in [0.25, 0.3) is 0 Å². The zero-order valence-corrected chi connectivity index (χ0v) is 16.3. The molecule has 0 aliphatic rings. The molecule has 0 unspecified atom stereocenters. The highest BCUT2D eigenvalue weighted by Crippen LogP contribution is 2.21. The Balaban J connectivity index is 1.81. The van der Waals surface area contributed by atoms with Crippen LogP contribution in [0.3, 0.4) is 0 Å². The predicted molar refractivity (Wildman–Crippen MR) is 102 cm³/mol. The van der Waals surface area contributed by atoms with E-state index in [0.29, 0.717) is 23.7 Å². The molecule has 6 nitrogen and oxygen atoms in total. The first kappa shape index (κ1) is 19.8. The molecule has 0 saturated heterocycles. The molecule has 0 heterocycles. The Morgan fingerprint density at radius 2 is 1.81 bits per heavy atom. The van der Waals surface area contributed by atoms with E-state index in [0.717, 1.165) is 16.5 Å². The quantitative estimate of drug-likeness (QED) is 0.673. The molecule has 0 fully saturated rings. The fourth-order valence-corrected chi connectivity index (χ4v) is 2.28. The van der Waals surface area contributed by atoms with Crippen molar-refractivity contribution in [3.63, 3.8) is 0 Å². The molecule has 0 atom stereocenters. The number of nitrogens with one attached hydrogen (secondary N) is 2. The number of benzene rings is 2. The highest BCUT2D eigenvalue weighted by molar-refractivity contribution is 9.10. The van der Waals surface area contributed by atoms with Crippen molar-refractivity contribution < 1.29 is 19.1 Å². The Kier molecular flexibility index (Phi) is 7.47. The maximum atomic E-state index is 12.1. The van der Waals surface area contributed by atoms with E-state index in [1.165, 1.54) is 0 Å². The fraction of sp³-hybridized carbons (Fsp3) is 0.263. The summed E-state index contributed by atoms with van der Waals surface area (Å²) in [6.45, 7) is 4.30.